The Kier molecular flexibility index (Phi) is 18.7. The third kappa shape index (κ3) is 14.5. The fourth-order valence-electron chi connectivity index (χ4n) is 7.38. The van der Waals surface area contributed by atoms with E-state index in [2.05, 4.69) is 21.3 Å². The van der Waals surface area contributed by atoms with Crippen LogP contribution in [0.15, 0.2) is 53.4 Å². The molecular weight excluding hydrogens is 727 g/mol. The SMILES string of the molecule is CC(C)CNC(=O)C[C@H](O)[C@H](CC1CCCCC1)NC(=O)[C@H](CC(C)C)NC(=O)[C@H](Cc1ccccc1)NC(=O)CC1CS(=O)(=O)c2cc(N)ccc21.O.O. The number of anilines is 1. The zero-order valence-electron chi connectivity index (χ0n) is 32.6. The van der Waals surface area contributed by atoms with Gasteiger partial charge in [0.1, 0.15) is 12.1 Å². The highest BCUT2D eigenvalue weighted by molar-refractivity contribution is 7.91. The topological polar surface area (TPSA) is 260 Å². The lowest BCUT2D eigenvalue weighted by Crippen LogP contribution is -2.57. The first kappa shape index (κ1) is 47.1. The molecule has 5 atom stereocenters. The van der Waals surface area contributed by atoms with E-state index in [0.29, 0.717) is 36.6 Å². The smallest absolute Gasteiger partial charge is 0.243 e. The summed E-state index contributed by atoms with van der Waals surface area (Å²) < 4.78 is 25.7. The van der Waals surface area contributed by atoms with Crippen molar-refractivity contribution in [3.63, 3.8) is 0 Å². The molecule has 4 amide bonds. The first-order chi connectivity index (χ1) is 25.1. The van der Waals surface area contributed by atoms with E-state index in [4.69, 9.17) is 5.73 Å². The van der Waals surface area contributed by atoms with Gasteiger partial charge in [0.15, 0.2) is 9.84 Å². The van der Waals surface area contributed by atoms with Gasteiger partial charge in [0.2, 0.25) is 23.6 Å². The number of nitrogen functional groups attached to an aromatic ring is 1. The number of amides is 4. The second-order valence-corrected chi connectivity index (χ2v) is 17.8. The quantitative estimate of drug-likeness (QED) is 0.122. The van der Waals surface area contributed by atoms with Gasteiger partial charge in [0.05, 0.1) is 29.2 Å². The minimum atomic E-state index is -3.62. The Morgan fingerprint density at radius 2 is 1.49 bits per heavy atom. The summed E-state index contributed by atoms with van der Waals surface area (Å²) in [5, 5.41) is 22.9. The van der Waals surface area contributed by atoms with Crippen molar-refractivity contribution < 1.29 is 43.7 Å². The second kappa shape index (κ2) is 21.9. The number of benzene rings is 2. The van der Waals surface area contributed by atoms with Gasteiger partial charge in [-0.2, -0.15) is 0 Å². The molecule has 1 fully saturated rings. The Morgan fingerprint density at radius 1 is 0.836 bits per heavy atom. The van der Waals surface area contributed by atoms with Crippen molar-refractivity contribution in [1.82, 2.24) is 21.3 Å². The number of hydrogen-bond acceptors (Lipinski definition) is 8. The molecule has 4 rings (SSSR count). The lowest BCUT2D eigenvalue weighted by Gasteiger charge is -2.32. The predicted molar refractivity (Wildman–Crippen MR) is 213 cm³/mol. The van der Waals surface area contributed by atoms with Gasteiger partial charge in [0, 0.05) is 31.0 Å². The molecule has 15 heteroatoms. The first-order valence-corrected chi connectivity index (χ1v) is 20.8. The van der Waals surface area contributed by atoms with Crippen LogP contribution < -0.4 is 27.0 Å². The first-order valence-electron chi connectivity index (χ1n) is 19.1. The molecule has 1 heterocycles. The lowest BCUT2D eigenvalue weighted by atomic mass is 9.83. The number of nitrogens with two attached hydrogens (primary N) is 1. The van der Waals surface area contributed by atoms with Gasteiger partial charge < -0.3 is 43.1 Å². The van der Waals surface area contributed by atoms with Crippen LogP contribution in [-0.4, -0.2) is 84.6 Å². The molecule has 1 unspecified atom stereocenters. The highest BCUT2D eigenvalue weighted by Crippen LogP contribution is 2.38. The minimum Gasteiger partial charge on any atom is -0.412 e. The number of sulfone groups is 1. The maximum atomic E-state index is 14.0. The Labute approximate surface area is 325 Å². The molecule has 2 aromatic carbocycles. The summed E-state index contributed by atoms with van der Waals surface area (Å²) in [7, 11) is -3.62. The van der Waals surface area contributed by atoms with Gasteiger partial charge in [-0.15, -0.1) is 0 Å². The monoisotopic (exact) mass is 789 g/mol. The van der Waals surface area contributed by atoms with Crippen LogP contribution in [0, 0.1) is 17.8 Å². The molecule has 0 spiro atoms. The molecule has 0 aromatic heterocycles. The van der Waals surface area contributed by atoms with Gasteiger partial charge in [-0.25, -0.2) is 8.42 Å². The van der Waals surface area contributed by atoms with Crippen LogP contribution in [0.25, 0.3) is 0 Å². The van der Waals surface area contributed by atoms with Crippen molar-refractivity contribution >= 4 is 39.2 Å². The summed E-state index contributed by atoms with van der Waals surface area (Å²) in [6.07, 6.45) is 4.80. The van der Waals surface area contributed by atoms with Crippen LogP contribution >= 0.6 is 0 Å². The Hall–Kier alpha value is -4.05. The molecule has 0 saturated heterocycles. The number of rotatable bonds is 18. The van der Waals surface area contributed by atoms with Crippen LogP contribution in [-0.2, 0) is 35.4 Å². The normalized spacial score (nSPS) is 18.4. The average Bonchev–Trinajstić information content (AvgIpc) is 3.34. The van der Waals surface area contributed by atoms with Crippen LogP contribution in [0.1, 0.15) is 103 Å². The molecule has 0 bridgehead atoms. The fourth-order valence-corrected chi connectivity index (χ4v) is 9.30. The van der Waals surface area contributed by atoms with E-state index in [-0.39, 0.29) is 58.6 Å². The molecule has 11 N–H and O–H groups in total. The van der Waals surface area contributed by atoms with Gasteiger partial charge in [-0.05, 0) is 53.9 Å². The number of fused-ring (bicyclic) bond motifs is 1. The van der Waals surface area contributed by atoms with Crippen molar-refractivity contribution in [2.24, 2.45) is 17.8 Å². The van der Waals surface area contributed by atoms with Gasteiger partial charge in [-0.3, -0.25) is 19.2 Å². The summed E-state index contributed by atoms with van der Waals surface area (Å²) in [5.74, 6) is -2.10. The average molecular weight is 790 g/mol. The molecular formula is C40H63N5O9S. The summed E-state index contributed by atoms with van der Waals surface area (Å²) in [6.45, 7) is 8.32. The zero-order valence-corrected chi connectivity index (χ0v) is 33.4. The van der Waals surface area contributed by atoms with Crippen LogP contribution in [0.2, 0.25) is 0 Å². The van der Waals surface area contributed by atoms with Crippen molar-refractivity contribution in [2.45, 2.75) is 127 Å². The van der Waals surface area contributed by atoms with E-state index >= 15 is 0 Å². The van der Waals surface area contributed by atoms with Crippen LogP contribution in [0.5, 0.6) is 0 Å². The largest absolute Gasteiger partial charge is 0.412 e. The van der Waals surface area contributed by atoms with Crippen molar-refractivity contribution in [1.29, 1.82) is 0 Å². The van der Waals surface area contributed by atoms with Gasteiger partial charge in [0.25, 0.3) is 0 Å². The molecule has 308 valence electrons. The Morgan fingerprint density at radius 3 is 2.13 bits per heavy atom. The maximum absolute atomic E-state index is 14.0. The number of hydrogen-bond donors (Lipinski definition) is 6. The second-order valence-electron chi connectivity index (χ2n) is 15.8. The van der Waals surface area contributed by atoms with Gasteiger partial charge in [-0.1, -0.05) is 96.2 Å². The van der Waals surface area contributed by atoms with Gasteiger partial charge >= 0.3 is 0 Å². The minimum absolute atomic E-state index is 0. The number of carbonyl (C=O) groups is 4. The highest BCUT2D eigenvalue weighted by atomic mass is 32.2. The number of nitrogens with one attached hydrogen (secondary N) is 4. The summed E-state index contributed by atoms with van der Waals surface area (Å²) in [4.78, 5) is 54.4. The molecule has 14 nitrogen and oxygen atoms in total. The maximum Gasteiger partial charge on any atom is 0.243 e. The van der Waals surface area contributed by atoms with E-state index in [9.17, 15) is 32.7 Å². The third-order valence-corrected chi connectivity index (χ3v) is 12.0. The predicted octanol–water partition coefficient (Wildman–Crippen LogP) is 2.12. The molecule has 0 radical (unpaired) electrons. The number of aliphatic hydroxyl groups excluding tert-OH is 1. The highest BCUT2D eigenvalue weighted by Gasteiger charge is 2.37. The van der Waals surface area contributed by atoms with Crippen LogP contribution in [0.3, 0.4) is 0 Å². The van der Waals surface area contributed by atoms with E-state index in [1.165, 1.54) is 6.07 Å². The standard InChI is InChI=1S/C40H59N5O7S.2H2O/c1-25(2)17-33(39(49)44-32(18-27-11-7-5-8-12-27)35(46)22-37(47)42-23-26(3)4)45-40(50)34(19-28-13-9-6-10-14-28)43-38(48)20-29-24-53(51,52)36-21-30(41)15-16-31(29)36;;/h6,9-10,13-16,21,25-27,29,32-35,46H,5,7-8,11-12,17-20,22-24,41H2,1-4H3,(H,42,47)(H,43,48)(H,44,49)(H,45,50);2*1H2/t29?,32-,33-,34-,35-;;/m0../s1. The van der Waals surface area contributed by atoms with Crippen molar-refractivity contribution in [3.05, 3.63) is 59.7 Å². The van der Waals surface area contributed by atoms with E-state index in [1.807, 2.05) is 58.0 Å². The fraction of sp³-hybridized carbons (Fsp3) is 0.600. The lowest BCUT2D eigenvalue weighted by molar-refractivity contribution is -0.133. The molecule has 1 aliphatic carbocycles. The summed E-state index contributed by atoms with van der Waals surface area (Å²) in [6, 6.07) is 11.1. The zero-order chi connectivity index (χ0) is 38.7. The third-order valence-electron chi connectivity index (χ3n) is 10.1. The molecule has 55 heavy (non-hydrogen) atoms. The van der Waals surface area contributed by atoms with E-state index in [1.54, 1.807) is 12.1 Å². The molecule has 2 aliphatic rings. The van der Waals surface area contributed by atoms with Crippen LogP contribution in [0.4, 0.5) is 5.69 Å². The molecule has 2 aromatic rings. The molecule has 1 aliphatic heterocycles. The Balaban J connectivity index is 0.00000523. The number of aliphatic hydroxyl groups is 1. The van der Waals surface area contributed by atoms with E-state index in [0.717, 1.165) is 37.7 Å². The number of carbonyl (C=O) groups excluding carboxylic acids is 4. The van der Waals surface area contributed by atoms with Crippen molar-refractivity contribution in [3.8, 4) is 0 Å². The Bertz CT molecular complexity index is 1670. The summed E-state index contributed by atoms with van der Waals surface area (Å²) >= 11 is 0. The summed E-state index contributed by atoms with van der Waals surface area (Å²) in [5.41, 5.74) is 7.47. The molecule has 1 saturated carbocycles. The van der Waals surface area contributed by atoms with E-state index < -0.39 is 57.7 Å². The van der Waals surface area contributed by atoms with Crippen molar-refractivity contribution in [2.75, 3.05) is 18.0 Å².